The van der Waals surface area contributed by atoms with E-state index < -0.39 is 0 Å². The van der Waals surface area contributed by atoms with Crippen LogP contribution in [-0.2, 0) is 11.3 Å². The Balaban J connectivity index is 0.00000272. The van der Waals surface area contributed by atoms with Crippen LogP contribution in [0.15, 0.2) is 29.3 Å². The third-order valence-corrected chi connectivity index (χ3v) is 6.67. The lowest BCUT2D eigenvalue weighted by molar-refractivity contribution is -0.123. The quantitative estimate of drug-likeness (QED) is 0.351. The van der Waals surface area contributed by atoms with Crippen molar-refractivity contribution in [3.05, 3.63) is 35.4 Å². The lowest BCUT2D eigenvalue weighted by atomic mass is 9.86. The number of carbonyl (C=O) groups excluding carboxylic acids is 2. The molecular weight excluding hydrogens is 505 g/mol. The number of guanidine groups is 1. The van der Waals surface area contributed by atoms with Gasteiger partial charge in [0.1, 0.15) is 0 Å². The standard InChI is InChI=1S/C23H33N5O2.HI/c1-2-24-22(28-13-11-23(17-28)9-3-4-10-23)26-15-18-5-7-19(8-6-18)21(30)27-14-12-25-20(29)16-27;/h5-8H,2-4,9-17H2,1H3,(H,24,26)(H,25,29);1H. The fourth-order valence-corrected chi connectivity index (χ4v) is 4.99. The number of benzene rings is 1. The van der Waals surface area contributed by atoms with Gasteiger partial charge in [-0.15, -0.1) is 24.0 Å². The second-order valence-corrected chi connectivity index (χ2v) is 8.82. The molecule has 1 aliphatic carbocycles. The van der Waals surface area contributed by atoms with Crippen molar-refractivity contribution in [3.8, 4) is 0 Å². The topological polar surface area (TPSA) is 77.0 Å². The number of likely N-dealkylation sites (tertiary alicyclic amines) is 1. The minimum Gasteiger partial charge on any atom is -0.357 e. The van der Waals surface area contributed by atoms with E-state index in [0.29, 0.717) is 30.6 Å². The van der Waals surface area contributed by atoms with Crippen molar-refractivity contribution in [2.75, 3.05) is 39.3 Å². The number of halogens is 1. The Labute approximate surface area is 202 Å². The van der Waals surface area contributed by atoms with E-state index in [-0.39, 0.29) is 42.3 Å². The molecule has 0 unspecified atom stereocenters. The molecule has 2 amide bonds. The molecule has 4 rings (SSSR count). The van der Waals surface area contributed by atoms with Crippen molar-refractivity contribution in [1.29, 1.82) is 0 Å². The van der Waals surface area contributed by atoms with Crippen molar-refractivity contribution >= 4 is 41.8 Å². The average molecular weight is 539 g/mol. The van der Waals surface area contributed by atoms with Crippen LogP contribution in [0, 0.1) is 5.41 Å². The number of carbonyl (C=O) groups is 2. The van der Waals surface area contributed by atoms with E-state index in [1.165, 1.54) is 32.1 Å². The van der Waals surface area contributed by atoms with E-state index in [1.54, 1.807) is 4.90 Å². The Kier molecular flexibility index (Phi) is 8.18. The van der Waals surface area contributed by atoms with E-state index in [4.69, 9.17) is 4.99 Å². The van der Waals surface area contributed by atoms with E-state index in [9.17, 15) is 9.59 Å². The Morgan fingerprint density at radius 1 is 1.13 bits per heavy atom. The lowest BCUT2D eigenvalue weighted by Gasteiger charge is -2.26. The molecule has 1 spiro atoms. The Hall–Kier alpha value is -1.84. The highest BCUT2D eigenvalue weighted by molar-refractivity contribution is 14.0. The zero-order valence-corrected chi connectivity index (χ0v) is 20.7. The van der Waals surface area contributed by atoms with Gasteiger partial charge in [-0.2, -0.15) is 0 Å². The van der Waals surface area contributed by atoms with Gasteiger partial charge in [0.15, 0.2) is 5.96 Å². The molecule has 2 heterocycles. The first-order valence-electron chi connectivity index (χ1n) is 11.3. The molecule has 7 nitrogen and oxygen atoms in total. The summed E-state index contributed by atoms with van der Waals surface area (Å²) in [5.41, 5.74) is 2.21. The van der Waals surface area contributed by atoms with E-state index in [0.717, 1.165) is 31.2 Å². The average Bonchev–Trinajstić information content (AvgIpc) is 3.41. The van der Waals surface area contributed by atoms with Crippen LogP contribution < -0.4 is 10.6 Å². The Bertz CT molecular complexity index is 805. The number of piperazine rings is 1. The summed E-state index contributed by atoms with van der Waals surface area (Å²) in [5.74, 6) is 0.811. The van der Waals surface area contributed by atoms with Gasteiger partial charge in [-0.25, -0.2) is 4.99 Å². The molecule has 0 radical (unpaired) electrons. The first-order chi connectivity index (χ1) is 14.6. The third-order valence-electron chi connectivity index (χ3n) is 6.67. The third kappa shape index (κ3) is 5.70. The molecule has 2 saturated heterocycles. The second kappa shape index (κ2) is 10.7. The van der Waals surface area contributed by atoms with Gasteiger partial charge in [0.25, 0.3) is 5.91 Å². The largest absolute Gasteiger partial charge is 0.357 e. The molecule has 1 saturated carbocycles. The Morgan fingerprint density at radius 2 is 1.87 bits per heavy atom. The minimum absolute atomic E-state index is 0. The van der Waals surface area contributed by atoms with Crippen molar-refractivity contribution in [2.24, 2.45) is 10.4 Å². The SMILES string of the molecule is CCNC(=NCc1ccc(C(=O)N2CCNC(=O)C2)cc1)N1CCC2(CCCC2)C1.I. The molecule has 0 atom stereocenters. The lowest BCUT2D eigenvalue weighted by Crippen LogP contribution is -2.49. The van der Waals surface area contributed by atoms with Crippen LogP contribution in [0.4, 0.5) is 0 Å². The molecule has 3 fully saturated rings. The van der Waals surface area contributed by atoms with Crippen LogP contribution >= 0.6 is 24.0 Å². The maximum atomic E-state index is 12.6. The fraction of sp³-hybridized carbons (Fsp3) is 0.609. The van der Waals surface area contributed by atoms with Gasteiger partial charge in [-0.1, -0.05) is 25.0 Å². The zero-order valence-electron chi connectivity index (χ0n) is 18.4. The predicted octanol–water partition coefficient (Wildman–Crippen LogP) is 2.61. The van der Waals surface area contributed by atoms with Crippen molar-refractivity contribution in [3.63, 3.8) is 0 Å². The normalized spacial score (nSPS) is 20.5. The summed E-state index contributed by atoms with van der Waals surface area (Å²) in [6, 6.07) is 7.62. The molecule has 2 N–H and O–H groups in total. The van der Waals surface area contributed by atoms with Crippen molar-refractivity contribution in [1.82, 2.24) is 20.4 Å². The fourth-order valence-electron chi connectivity index (χ4n) is 4.99. The van der Waals surface area contributed by atoms with Crippen LogP contribution in [-0.4, -0.2) is 66.8 Å². The van der Waals surface area contributed by atoms with Gasteiger partial charge in [0.05, 0.1) is 13.1 Å². The number of aliphatic imine (C=N–C) groups is 1. The summed E-state index contributed by atoms with van der Waals surface area (Å²) in [5, 5.41) is 6.20. The van der Waals surface area contributed by atoms with Gasteiger partial charge in [0, 0.05) is 38.3 Å². The molecule has 3 aliphatic rings. The number of nitrogens with one attached hydrogen (secondary N) is 2. The summed E-state index contributed by atoms with van der Waals surface area (Å²) in [6.45, 7) is 6.97. The first kappa shape index (κ1) is 23.8. The number of amides is 2. The van der Waals surface area contributed by atoms with Gasteiger partial charge in [0.2, 0.25) is 5.91 Å². The molecule has 1 aromatic rings. The molecule has 2 aliphatic heterocycles. The van der Waals surface area contributed by atoms with E-state index in [2.05, 4.69) is 22.5 Å². The highest BCUT2D eigenvalue weighted by Crippen LogP contribution is 2.45. The van der Waals surface area contributed by atoms with Crippen molar-refractivity contribution < 1.29 is 9.59 Å². The second-order valence-electron chi connectivity index (χ2n) is 8.82. The number of nitrogens with zero attached hydrogens (tertiary/aromatic N) is 3. The summed E-state index contributed by atoms with van der Waals surface area (Å²) < 4.78 is 0. The van der Waals surface area contributed by atoms with Gasteiger partial charge < -0.3 is 20.4 Å². The van der Waals surface area contributed by atoms with Crippen LogP contribution in [0.2, 0.25) is 0 Å². The summed E-state index contributed by atoms with van der Waals surface area (Å²) in [6.07, 6.45) is 6.74. The number of hydrogen-bond acceptors (Lipinski definition) is 3. The smallest absolute Gasteiger partial charge is 0.254 e. The molecule has 170 valence electrons. The Morgan fingerprint density at radius 3 is 2.55 bits per heavy atom. The van der Waals surface area contributed by atoms with Crippen LogP contribution in [0.25, 0.3) is 0 Å². The van der Waals surface area contributed by atoms with Gasteiger partial charge in [-0.05, 0) is 49.3 Å². The highest BCUT2D eigenvalue weighted by Gasteiger charge is 2.41. The molecule has 0 bridgehead atoms. The van der Waals surface area contributed by atoms with Crippen LogP contribution in [0.3, 0.4) is 0 Å². The minimum atomic E-state index is -0.0993. The predicted molar refractivity (Wildman–Crippen MR) is 133 cm³/mol. The molecule has 31 heavy (non-hydrogen) atoms. The summed E-state index contributed by atoms with van der Waals surface area (Å²) in [7, 11) is 0. The summed E-state index contributed by atoms with van der Waals surface area (Å²) >= 11 is 0. The van der Waals surface area contributed by atoms with Gasteiger partial charge >= 0.3 is 0 Å². The molecule has 8 heteroatoms. The maximum Gasteiger partial charge on any atom is 0.254 e. The van der Waals surface area contributed by atoms with E-state index in [1.807, 2.05) is 24.3 Å². The number of rotatable bonds is 4. The molecule has 0 aromatic heterocycles. The maximum absolute atomic E-state index is 12.6. The van der Waals surface area contributed by atoms with Crippen LogP contribution in [0.1, 0.15) is 54.9 Å². The molecular formula is C23H34IN5O2. The van der Waals surface area contributed by atoms with E-state index >= 15 is 0 Å². The summed E-state index contributed by atoms with van der Waals surface area (Å²) in [4.78, 5) is 33.0. The van der Waals surface area contributed by atoms with Crippen molar-refractivity contribution in [2.45, 2.75) is 45.6 Å². The van der Waals surface area contributed by atoms with Gasteiger partial charge in [-0.3, -0.25) is 9.59 Å². The number of hydrogen-bond donors (Lipinski definition) is 2. The highest BCUT2D eigenvalue weighted by atomic mass is 127. The first-order valence-corrected chi connectivity index (χ1v) is 11.3. The zero-order chi connectivity index (χ0) is 21.0. The van der Waals surface area contributed by atoms with Crippen LogP contribution in [0.5, 0.6) is 0 Å². The molecule has 1 aromatic carbocycles. The monoisotopic (exact) mass is 539 g/mol.